The normalized spacial score (nSPS) is 16.7. The molecule has 194 valence electrons. The van der Waals surface area contributed by atoms with Crippen LogP contribution in [0.2, 0.25) is 0 Å². The van der Waals surface area contributed by atoms with Crippen molar-refractivity contribution in [1.82, 2.24) is 10.3 Å². The van der Waals surface area contributed by atoms with E-state index in [0.29, 0.717) is 53.5 Å². The maximum absolute atomic E-state index is 14.9. The van der Waals surface area contributed by atoms with Crippen LogP contribution in [-0.4, -0.2) is 42.9 Å². The zero-order valence-corrected chi connectivity index (χ0v) is 21.1. The maximum Gasteiger partial charge on any atom is 0.239 e. The summed E-state index contributed by atoms with van der Waals surface area (Å²) in [5, 5.41) is 5.83. The van der Waals surface area contributed by atoms with Crippen molar-refractivity contribution in [2.24, 2.45) is 11.3 Å². The molecule has 1 saturated heterocycles. The number of halogens is 2. The molecule has 1 amide bonds. The van der Waals surface area contributed by atoms with E-state index in [-0.39, 0.29) is 11.4 Å². The summed E-state index contributed by atoms with van der Waals surface area (Å²) in [6.07, 6.45) is 4.46. The summed E-state index contributed by atoms with van der Waals surface area (Å²) in [5.74, 6) is 0.725. The lowest BCUT2D eigenvalue weighted by Gasteiger charge is -2.23. The smallest absolute Gasteiger partial charge is 0.239 e. The van der Waals surface area contributed by atoms with Gasteiger partial charge in [-0.25, -0.2) is 4.39 Å². The van der Waals surface area contributed by atoms with E-state index in [0.717, 1.165) is 32.0 Å². The highest BCUT2D eigenvalue weighted by molar-refractivity contribution is 6.67. The second-order valence-corrected chi connectivity index (χ2v) is 9.73. The number of carbonyl (C=O) groups is 2. The van der Waals surface area contributed by atoms with E-state index in [2.05, 4.69) is 15.6 Å². The number of anilines is 1. The van der Waals surface area contributed by atoms with Crippen molar-refractivity contribution in [3.63, 3.8) is 0 Å². The minimum atomic E-state index is -1.21. The van der Waals surface area contributed by atoms with Crippen LogP contribution < -0.4 is 24.8 Å². The van der Waals surface area contributed by atoms with Crippen LogP contribution in [-0.2, 0) is 9.59 Å². The van der Waals surface area contributed by atoms with Crippen LogP contribution in [0, 0.1) is 17.2 Å². The van der Waals surface area contributed by atoms with Crippen molar-refractivity contribution < 1.29 is 28.2 Å². The van der Waals surface area contributed by atoms with Gasteiger partial charge in [-0.2, -0.15) is 0 Å². The Labute approximate surface area is 218 Å². The van der Waals surface area contributed by atoms with Gasteiger partial charge in [0, 0.05) is 29.4 Å². The third kappa shape index (κ3) is 5.33. The van der Waals surface area contributed by atoms with Gasteiger partial charge in [0.25, 0.3) is 0 Å². The van der Waals surface area contributed by atoms with Crippen molar-refractivity contribution in [3.05, 3.63) is 48.4 Å². The second-order valence-electron chi connectivity index (χ2n) is 9.39. The molecule has 0 unspecified atom stereocenters. The fraction of sp³-hybridized carbons (Fsp3) is 0.370. The lowest BCUT2D eigenvalue weighted by atomic mass is 9.99. The number of piperidine rings is 1. The van der Waals surface area contributed by atoms with Gasteiger partial charge in [-0.1, -0.05) is 0 Å². The Balaban J connectivity index is 1.34. The molecule has 8 nitrogen and oxygen atoms in total. The molecule has 0 bridgehead atoms. The zero-order valence-electron chi connectivity index (χ0n) is 20.3. The number of hydrogen-bond acceptors (Lipinski definition) is 7. The third-order valence-electron chi connectivity index (χ3n) is 6.89. The highest BCUT2D eigenvalue weighted by Gasteiger charge is 2.55. The summed E-state index contributed by atoms with van der Waals surface area (Å²) >= 11 is 5.55. The largest absolute Gasteiger partial charge is 0.493 e. The molecule has 5 rings (SSSR count). The summed E-state index contributed by atoms with van der Waals surface area (Å²) in [6, 6.07) is 9.24. The number of fused-ring (bicyclic) bond motifs is 1. The SMILES string of the molecule is COc1cc2c(Oc3ccc(NC(=O)C4(C(=O)Cl)CC4)cc3F)ccnc2cc1OCC1CCNCC1. The summed E-state index contributed by atoms with van der Waals surface area (Å²) in [6.45, 7) is 2.57. The molecule has 0 radical (unpaired) electrons. The molecule has 2 aromatic carbocycles. The number of carbonyl (C=O) groups excluding carboxylic acids is 2. The highest BCUT2D eigenvalue weighted by atomic mass is 35.5. The van der Waals surface area contributed by atoms with E-state index < -0.39 is 22.4 Å². The molecule has 1 aliphatic carbocycles. The van der Waals surface area contributed by atoms with E-state index in [1.165, 1.54) is 12.1 Å². The molecule has 2 fully saturated rings. The molecule has 10 heteroatoms. The lowest BCUT2D eigenvalue weighted by molar-refractivity contribution is -0.128. The van der Waals surface area contributed by atoms with Crippen molar-refractivity contribution in [2.75, 3.05) is 32.1 Å². The summed E-state index contributed by atoms with van der Waals surface area (Å²) in [5.41, 5.74) is -0.391. The number of nitrogens with zero attached hydrogens (tertiary/aromatic N) is 1. The first-order chi connectivity index (χ1) is 17.9. The van der Waals surface area contributed by atoms with E-state index >= 15 is 0 Å². The van der Waals surface area contributed by atoms with E-state index in [1.807, 2.05) is 0 Å². The van der Waals surface area contributed by atoms with Gasteiger partial charge in [0.2, 0.25) is 11.1 Å². The average molecular weight is 528 g/mol. The molecular weight excluding hydrogens is 501 g/mol. The zero-order chi connectivity index (χ0) is 26.0. The molecule has 37 heavy (non-hydrogen) atoms. The standard InChI is InChI=1S/C27H27ClFN3O5/c1-35-23-13-18-20(14-24(23)36-15-16-4-9-30-10-5-16)31-11-6-21(18)37-22-3-2-17(12-19(22)29)32-26(34)27(7-8-27)25(28)33/h2-3,6,11-14,16,30H,4-5,7-10,15H2,1H3,(H,32,34). The van der Waals surface area contributed by atoms with Crippen LogP contribution in [0.5, 0.6) is 23.0 Å². The molecule has 1 aliphatic heterocycles. The number of aromatic nitrogens is 1. The van der Waals surface area contributed by atoms with E-state index in [9.17, 15) is 14.0 Å². The summed E-state index contributed by atoms with van der Waals surface area (Å²) in [7, 11) is 1.56. The van der Waals surface area contributed by atoms with E-state index in [1.54, 1.807) is 31.5 Å². The molecule has 3 aromatic rings. The summed E-state index contributed by atoms with van der Waals surface area (Å²) < 4.78 is 32.4. The Morgan fingerprint density at radius 2 is 1.89 bits per heavy atom. The quantitative estimate of drug-likeness (QED) is 0.297. The topological polar surface area (TPSA) is 98.8 Å². The van der Waals surface area contributed by atoms with Crippen LogP contribution in [0.1, 0.15) is 25.7 Å². The molecule has 0 spiro atoms. The van der Waals surface area contributed by atoms with Crippen LogP contribution in [0.4, 0.5) is 10.1 Å². The molecular formula is C27H27ClFN3O5. The molecule has 2 aliphatic rings. The third-order valence-corrected chi connectivity index (χ3v) is 7.25. The van der Waals surface area contributed by atoms with Crippen LogP contribution in [0.15, 0.2) is 42.6 Å². The Morgan fingerprint density at radius 3 is 2.57 bits per heavy atom. The minimum Gasteiger partial charge on any atom is -0.493 e. The van der Waals surface area contributed by atoms with Gasteiger partial charge in [-0.05, 0) is 80.6 Å². The maximum atomic E-state index is 14.9. The van der Waals surface area contributed by atoms with E-state index in [4.69, 9.17) is 25.8 Å². The Kier molecular flexibility index (Phi) is 7.17. The number of methoxy groups -OCH3 is 1. The molecule has 2 N–H and O–H groups in total. The number of hydrogen-bond donors (Lipinski definition) is 2. The van der Waals surface area contributed by atoms with Gasteiger partial charge in [0.15, 0.2) is 23.1 Å². The number of benzene rings is 2. The molecule has 2 heterocycles. The lowest BCUT2D eigenvalue weighted by Crippen LogP contribution is -2.30. The van der Waals surface area contributed by atoms with Crippen LogP contribution in [0.25, 0.3) is 10.9 Å². The minimum absolute atomic E-state index is 0.0368. The van der Waals surface area contributed by atoms with Crippen LogP contribution in [0.3, 0.4) is 0 Å². The van der Waals surface area contributed by atoms with Gasteiger partial charge < -0.3 is 24.8 Å². The average Bonchev–Trinajstić information content (AvgIpc) is 3.72. The fourth-order valence-corrected chi connectivity index (χ4v) is 4.69. The Morgan fingerprint density at radius 1 is 1.11 bits per heavy atom. The van der Waals surface area contributed by atoms with Gasteiger partial charge in [-0.15, -0.1) is 0 Å². The number of amides is 1. The number of ether oxygens (including phenoxy) is 3. The second kappa shape index (κ2) is 10.5. The van der Waals surface area contributed by atoms with Crippen molar-refractivity contribution in [1.29, 1.82) is 0 Å². The first-order valence-electron chi connectivity index (χ1n) is 12.2. The van der Waals surface area contributed by atoms with Gasteiger partial charge >= 0.3 is 0 Å². The van der Waals surface area contributed by atoms with Gasteiger partial charge in [-0.3, -0.25) is 14.6 Å². The predicted octanol–water partition coefficient (Wildman–Crippen LogP) is 5.04. The number of nitrogens with one attached hydrogen (secondary N) is 2. The molecule has 1 aromatic heterocycles. The fourth-order valence-electron chi connectivity index (χ4n) is 4.41. The van der Waals surface area contributed by atoms with Crippen LogP contribution >= 0.6 is 11.6 Å². The Hall–Kier alpha value is -3.43. The first kappa shape index (κ1) is 25.2. The van der Waals surface area contributed by atoms with Gasteiger partial charge in [0.05, 0.1) is 19.2 Å². The van der Waals surface area contributed by atoms with Gasteiger partial charge in [0.1, 0.15) is 11.2 Å². The Bertz CT molecular complexity index is 1340. The molecule has 1 saturated carbocycles. The predicted molar refractivity (Wildman–Crippen MR) is 137 cm³/mol. The number of rotatable bonds is 9. The number of pyridine rings is 1. The highest BCUT2D eigenvalue weighted by Crippen LogP contribution is 2.48. The molecule has 0 atom stereocenters. The van der Waals surface area contributed by atoms with Crippen molar-refractivity contribution >= 4 is 39.3 Å². The summed E-state index contributed by atoms with van der Waals surface area (Å²) in [4.78, 5) is 28.4. The van der Waals surface area contributed by atoms with Crippen molar-refractivity contribution in [3.8, 4) is 23.0 Å². The monoisotopic (exact) mass is 527 g/mol. The van der Waals surface area contributed by atoms with Crippen molar-refractivity contribution in [2.45, 2.75) is 25.7 Å². The first-order valence-corrected chi connectivity index (χ1v) is 12.6.